The summed E-state index contributed by atoms with van der Waals surface area (Å²) in [5.41, 5.74) is 0.295. The van der Waals surface area contributed by atoms with E-state index < -0.39 is 23.7 Å². The molecule has 1 aromatic carbocycles. The molecule has 1 unspecified atom stereocenters. The lowest BCUT2D eigenvalue weighted by Crippen LogP contribution is -2.32. The number of rotatable bonds is 3. The molecule has 16 heavy (non-hydrogen) atoms. The predicted octanol–water partition coefficient (Wildman–Crippen LogP) is 1.85. The molecule has 0 saturated carbocycles. The van der Waals surface area contributed by atoms with Gasteiger partial charge in [-0.1, -0.05) is 22.0 Å². The Morgan fingerprint density at radius 1 is 1.50 bits per heavy atom. The van der Waals surface area contributed by atoms with Crippen molar-refractivity contribution in [2.24, 2.45) is 0 Å². The van der Waals surface area contributed by atoms with Gasteiger partial charge in [-0.25, -0.2) is 9.18 Å². The summed E-state index contributed by atoms with van der Waals surface area (Å²) >= 11 is 3.05. The van der Waals surface area contributed by atoms with Crippen LogP contribution < -0.4 is 5.32 Å². The zero-order valence-electron chi connectivity index (χ0n) is 8.33. The molecule has 1 aromatic rings. The lowest BCUT2D eigenvalue weighted by atomic mass is 10.1. The Morgan fingerprint density at radius 3 is 2.56 bits per heavy atom. The monoisotopic (exact) mass is 289 g/mol. The van der Waals surface area contributed by atoms with Crippen molar-refractivity contribution >= 4 is 27.8 Å². The second kappa shape index (κ2) is 5.07. The summed E-state index contributed by atoms with van der Waals surface area (Å²) in [6.45, 7) is 1.22. The predicted molar refractivity (Wildman–Crippen MR) is 58.3 cm³/mol. The van der Waals surface area contributed by atoms with Crippen LogP contribution in [-0.4, -0.2) is 17.0 Å². The normalized spacial score (nSPS) is 11.9. The Bertz CT molecular complexity index is 436. The van der Waals surface area contributed by atoms with Crippen LogP contribution in [0.1, 0.15) is 18.5 Å². The molecule has 1 amide bonds. The van der Waals surface area contributed by atoms with E-state index in [1.165, 1.54) is 13.0 Å². The number of carboxylic acids is 1. The van der Waals surface area contributed by atoms with Gasteiger partial charge in [-0.05, 0) is 12.1 Å². The Hall–Kier alpha value is -1.43. The Balaban J connectivity index is 3.10. The van der Waals surface area contributed by atoms with Gasteiger partial charge in [0.25, 0.3) is 0 Å². The molecule has 0 aliphatic heterocycles. The molecule has 86 valence electrons. The van der Waals surface area contributed by atoms with Crippen LogP contribution in [0.15, 0.2) is 22.7 Å². The van der Waals surface area contributed by atoms with Crippen LogP contribution in [0.2, 0.25) is 0 Å². The molecule has 0 spiro atoms. The molecule has 0 aromatic heterocycles. The minimum atomic E-state index is -1.21. The molecule has 0 heterocycles. The third-order valence-corrected chi connectivity index (χ3v) is 2.55. The highest BCUT2D eigenvalue weighted by Gasteiger charge is 2.22. The highest BCUT2D eigenvalue weighted by Crippen LogP contribution is 2.24. The summed E-state index contributed by atoms with van der Waals surface area (Å²) in [4.78, 5) is 21.8. The van der Waals surface area contributed by atoms with Crippen molar-refractivity contribution in [2.75, 3.05) is 0 Å². The Labute approximate surface area is 99.6 Å². The summed E-state index contributed by atoms with van der Waals surface area (Å²) in [5.74, 6) is -2.16. The largest absolute Gasteiger partial charge is 0.479 e. The van der Waals surface area contributed by atoms with Gasteiger partial charge in [-0.2, -0.15) is 0 Å². The van der Waals surface area contributed by atoms with Gasteiger partial charge in [0.1, 0.15) is 5.82 Å². The molecule has 4 nitrogen and oxygen atoms in total. The van der Waals surface area contributed by atoms with Crippen LogP contribution in [0.25, 0.3) is 0 Å². The molecule has 2 N–H and O–H groups in total. The SMILES string of the molecule is CC(=O)NC(C(=O)O)c1ccc(F)cc1Br. The highest BCUT2D eigenvalue weighted by molar-refractivity contribution is 9.10. The van der Waals surface area contributed by atoms with E-state index in [1.54, 1.807) is 0 Å². The first-order chi connectivity index (χ1) is 7.41. The molecule has 0 radical (unpaired) electrons. The number of amides is 1. The topological polar surface area (TPSA) is 66.4 Å². The molecular formula is C10H9BrFNO3. The van der Waals surface area contributed by atoms with Gasteiger partial charge in [0.2, 0.25) is 5.91 Å². The molecule has 1 rings (SSSR count). The highest BCUT2D eigenvalue weighted by atomic mass is 79.9. The van der Waals surface area contributed by atoms with E-state index in [1.807, 2.05) is 0 Å². The van der Waals surface area contributed by atoms with Gasteiger partial charge < -0.3 is 10.4 Å². The smallest absolute Gasteiger partial charge is 0.330 e. The van der Waals surface area contributed by atoms with E-state index >= 15 is 0 Å². The third kappa shape index (κ3) is 3.03. The summed E-state index contributed by atoms with van der Waals surface area (Å²) in [7, 11) is 0. The average molecular weight is 290 g/mol. The first-order valence-corrected chi connectivity index (χ1v) is 5.16. The van der Waals surface area contributed by atoms with Gasteiger partial charge >= 0.3 is 5.97 Å². The Morgan fingerprint density at radius 2 is 2.12 bits per heavy atom. The van der Waals surface area contributed by atoms with E-state index in [0.29, 0.717) is 10.0 Å². The fourth-order valence-electron chi connectivity index (χ4n) is 1.21. The van der Waals surface area contributed by atoms with E-state index in [2.05, 4.69) is 21.2 Å². The fraction of sp³-hybridized carbons (Fsp3) is 0.200. The first kappa shape index (κ1) is 12.6. The van der Waals surface area contributed by atoms with Crippen molar-refractivity contribution in [3.05, 3.63) is 34.1 Å². The minimum Gasteiger partial charge on any atom is -0.479 e. The van der Waals surface area contributed by atoms with Crippen LogP contribution in [0.3, 0.4) is 0 Å². The van der Waals surface area contributed by atoms with Crippen LogP contribution in [-0.2, 0) is 9.59 Å². The number of carbonyl (C=O) groups excluding carboxylic acids is 1. The number of halogens is 2. The maximum Gasteiger partial charge on any atom is 0.330 e. The number of aliphatic carboxylic acids is 1. The average Bonchev–Trinajstić information content (AvgIpc) is 2.14. The van der Waals surface area contributed by atoms with Crippen molar-refractivity contribution in [3.8, 4) is 0 Å². The molecule has 0 saturated heterocycles. The van der Waals surface area contributed by atoms with Crippen LogP contribution in [0.4, 0.5) is 4.39 Å². The van der Waals surface area contributed by atoms with E-state index in [-0.39, 0.29) is 0 Å². The zero-order chi connectivity index (χ0) is 12.3. The Kier molecular flexibility index (Phi) is 4.00. The molecule has 0 aliphatic rings. The summed E-state index contributed by atoms with van der Waals surface area (Å²) in [6.07, 6.45) is 0. The van der Waals surface area contributed by atoms with Crippen LogP contribution in [0, 0.1) is 5.82 Å². The van der Waals surface area contributed by atoms with Crippen molar-refractivity contribution in [1.82, 2.24) is 5.32 Å². The van der Waals surface area contributed by atoms with Crippen molar-refractivity contribution in [1.29, 1.82) is 0 Å². The summed E-state index contributed by atoms with van der Waals surface area (Å²) in [6, 6.07) is 2.41. The number of carboxylic acid groups (broad SMARTS) is 1. The van der Waals surface area contributed by atoms with Crippen molar-refractivity contribution in [2.45, 2.75) is 13.0 Å². The molecule has 1 atom stereocenters. The van der Waals surface area contributed by atoms with E-state index in [9.17, 15) is 14.0 Å². The lowest BCUT2D eigenvalue weighted by molar-refractivity contribution is -0.141. The van der Waals surface area contributed by atoms with Crippen LogP contribution >= 0.6 is 15.9 Å². The molecule has 0 bridgehead atoms. The van der Waals surface area contributed by atoms with Gasteiger partial charge in [-0.3, -0.25) is 4.79 Å². The number of benzene rings is 1. The molecule has 0 fully saturated rings. The molecular weight excluding hydrogens is 281 g/mol. The van der Waals surface area contributed by atoms with Gasteiger partial charge in [0.15, 0.2) is 6.04 Å². The minimum absolute atomic E-state index is 0.295. The third-order valence-electron chi connectivity index (χ3n) is 1.87. The van der Waals surface area contributed by atoms with Crippen LogP contribution in [0.5, 0.6) is 0 Å². The van der Waals surface area contributed by atoms with Crippen molar-refractivity contribution in [3.63, 3.8) is 0 Å². The fourth-order valence-corrected chi connectivity index (χ4v) is 1.79. The lowest BCUT2D eigenvalue weighted by Gasteiger charge is -2.15. The van der Waals surface area contributed by atoms with Crippen molar-refractivity contribution < 1.29 is 19.1 Å². The first-order valence-electron chi connectivity index (χ1n) is 4.36. The molecule has 0 aliphatic carbocycles. The van der Waals surface area contributed by atoms with Gasteiger partial charge in [-0.15, -0.1) is 0 Å². The standard InChI is InChI=1S/C10H9BrFNO3/c1-5(14)13-9(10(15)16)7-3-2-6(12)4-8(7)11/h2-4,9H,1H3,(H,13,14)(H,15,16). The van der Waals surface area contributed by atoms with E-state index in [4.69, 9.17) is 5.11 Å². The second-order valence-electron chi connectivity index (χ2n) is 3.14. The zero-order valence-corrected chi connectivity index (χ0v) is 9.92. The number of nitrogens with one attached hydrogen (secondary N) is 1. The summed E-state index contributed by atoms with van der Waals surface area (Å²) in [5, 5.41) is 11.2. The summed E-state index contributed by atoms with van der Waals surface area (Å²) < 4.78 is 13.1. The maximum absolute atomic E-state index is 12.8. The maximum atomic E-state index is 12.8. The molecule has 6 heteroatoms. The van der Waals surface area contributed by atoms with E-state index in [0.717, 1.165) is 12.1 Å². The number of hydrogen-bond donors (Lipinski definition) is 2. The number of carbonyl (C=O) groups is 2. The van der Waals surface area contributed by atoms with Gasteiger partial charge in [0.05, 0.1) is 0 Å². The number of hydrogen-bond acceptors (Lipinski definition) is 2. The van der Waals surface area contributed by atoms with Gasteiger partial charge in [0, 0.05) is 17.0 Å². The quantitative estimate of drug-likeness (QED) is 0.892. The second-order valence-corrected chi connectivity index (χ2v) is 3.99.